The number of hydrogen-bond donors (Lipinski definition) is 14. The van der Waals surface area contributed by atoms with Gasteiger partial charge in [-0.15, -0.1) is 0 Å². The standard InChI is InChI=1S/C54H86O24/c1-49(2)14-15-54(21-58)23(16-49)22-8-9-28-51(5)12-11-30(50(3,4)27(51)10-13-52(28,6)53(22,7)17-29(54)59)74-48-43(78-46-38(67)35(64)32(61)25(19-56)72-46)40(39(68)41(76-48)44(69)70)75-47-42(36(65)33(62)26(20-57)73-47)77-45-37(66)34(63)31(60)24(18-55)71-45/h8,21,23-43,45-48,55-57,59-68H,9-20H2,1-7H3,(H,69,70)/t23-,24-,25-,26-,27+,28-,29-,30+,31-,32+,33+,34+,35+,36+,37-,38-,39+,40+,41+,42-,43-,45+,46+,47+,48-,51+,52-,53-,54-/m1/s1. The van der Waals surface area contributed by atoms with E-state index in [4.69, 9.17) is 37.9 Å². The van der Waals surface area contributed by atoms with E-state index in [1.54, 1.807) is 0 Å². The van der Waals surface area contributed by atoms with Crippen LogP contribution in [-0.2, 0) is 47.5 Å². The lowest BCUT2D eigenvalue weighted by atomic mass is 9.33. The number of fused-ring (bicyclic) bond motifs is 7. The molecule has 0 amide bonds. The molecule has 9 rings (SSSR count). The molecule has 4 saturated heterocycles. The van der Waals surface area contributed by atoms with Gasteiger partial charge in [0.2, 0.25) is 0 Å². The summed E-state index contributed by atoms with van der Waals surface area (Å²) in [5.41, 5.74) is -1.36. The predicted octanol–water partition coefficient (Wildman–Crippen LogP) is -2.29. The number of carbonyl (C=O) groups is 2. The molecule has 0 radical (unpaired) electrons. The van der Waals surface area contributed by atoms with Crippen LogP contribution in [0.15, 0.2) is 11.6 Å². The summed E-state index contributed by atoms with van der Waals surface area (Å²) in [5.74, 6) is -1.73. The first kappa shape index (κ1) is 60.6. The molecule has 4 saturated carbocycles. The molecule has 0 aromatic rings. The number of ether oxygens (including phenoxy) is 8. The second-order valence-electron chi connectivity index (χ2n) is 26.3. The van der Waals surface area contributed by atoms with E-state index in [9.17, 15) is 81.1 Å². The average molecular weight is 1120 g/mol. The minimum atomic E-state index is -2.27. The minimum absolute atomic E-state index is 0.0117. The van der Waals surface area contributed by atoms with Crippen LogP contribution >= 0.6 is 0 Å². The van der Waals surface area contributed by atoms with Gasteiger partial charge in [-0.3, -0.25) is 0 Å². The Morgan fingerprint density at radius 2 is 1.10 bits per heavy atom. The monoisotopic (exact) mass is 1120 g/mol. The van der Waals surface area contributed by atoms with Crippen molar-refractivity contribution < 1.29 is 119 Å². The maximum absolute atomic E-state index is 13.1. The molecular weight excluding hydrogens is 1030 g/mol. The van der Waals surface area contributed by atoms with Crippen molar-refractivity contribution in [1.82, 2.24) is 0 Å². The van der Waals surface area contributed by atoms with Gasteiger partial charge < -0.3 is 114 Å². The molecule has 0 unspecified atom stereocenters. The first-order chi connectivity index (χ1) is 36.5. The molecule has 29 atom stereocenters. The summed E-state index contributed by atoms with van der Waals surface area (Å²) < 4.78 is 48.8. The molecule has 0 bridgehead atoms. The number of carbonyl (C=O) groups excluding carboxylic acids is 1. The van der Waals surface area contributed by atoms with Gasteiger partial charge in [-0.2, -0.15) is 0 Å². The summed E-state index contributed by atoms with van der Waals surface area (Å²) in [6, 6.07) is 0. The van der Waals surface area contributed by atoms with Gasteiger partial charge in [0.25, 0.3) is 0 Å². The minimum Gasteiger partial charge on any atom is -0.479 e. The van der Waals surface area contributed by atoms with Gasteiger partial charge >= 0.3 is 5.97 Å². The molecular formula is C54H86O24. The Labute approximate surface area is 453 Å². The Bertz CT molecular complexity index is 2180. The number of rotatable bonds is 13. The van der Waals surface area contributed by atoms with Crippen molar-refractivity contribution in [2.24, 2.45) is 50.2 Å². The molecule has 0 aromatic carbocycles. The van der Waals surface area contributed by atoms with Gasteiger partial charge in [-0.1, -0.05) is 60.1 Å². The quantitative estimate of drug-likeness (QED) is 0.0524. The zero-order valence-corrected chi connectivity index (χ0v) is 45.4. The van der Waals surface area contributed by atoms with Crippen LogP contribution in [0.2, 0.25) is 0 Å². The van der Waals surface area contributed by atoms with Gasteiger partial charge in [0.1, 0.15) is 97.8 Å². The summed E-state index contributed by atoms with van der Waals surface area (Å²) in [6.45, 7) is 12.8. The van der Waals surface area contributed by atoms with Crippen molar-refractivity contribution in [2.45, 2.75) is 241 Å². The second kappa shape index (κ2) is 21.9. The van der Waals surface area contributed by atoms with E-state index >= 15 is 0 Å². The smallest absolute Gasteiger partial charge is 0.335 e. The lowest BCUT2D eigenvalue weighted by molar-refractivity contribution is -0.407. The molecule has 24 heteroatoms. The van der Waals surface area contributed by atoms with Crippen LogP contribution in [0.4, 0.5) is 0 Å². The molecule has 24 nitrogen and oxygen atoms in total. The zero-order chi connectivity index (χ0) is 57.1. The van der Waals surface area contributed by atoms with Gasteiger partial charge in [-0.25, -0.2) is 4.79 Å². The van der Waals surface area contributed by atoms with E-state index < -0.39 is 177 Å². The first-order valence-electron chi connectivity index (χ1n) is 27.8. The molecule has 0 aromatic heterocycles. The normalized spacial score (nSPS) is 53.8. The summed E-state index contributed by atoms with van der Waals surface area (Å²) in [5, 5.41) is 153. The van der Waals surface area contributed by atoms with Crippen molar-refractivity contribution in [1.29, 1.82) is 0 Å². The molecule has 5 aliphatic carbocycles. The van der Waals surface area contributed by atoms with Gasteiger partial charge in [-0.05, 0) is 103 Å². The third kappa shape index (κ3) is 9.68. The molecule has 8 fully saturated rings. The topological polar surface area (TPSA) is 391 Å². The zero-order valence-electron chi connectivity index (χ0n) is 45.4. The van der Waals surface area contributed by atoms with E-state index in [2.05, 4.69) is 40.7 Å². The average Bonchev–Trinajstić information content (AvgIpc) is 3.34. The van der Waals surface area contributed by atoms with Crippen LogP contribution in [0.5, 0.6) is 0 Å². The van der Waals surface area contributed by atoms with Gasteiger partial charge in [0.15, 0.2) is 31.3 Å². The lowest BCUT2D eigenvalue weighted by Gasteiger charge is -2.71. The number of aliphatic hydroxyl groups excluding tert-OH is 13. The number of aliphatic carboxylic acids is 1. The van der Waals surface area contributed by atoms with Crippen molar-refractivity contribution >= 4 is 12.3 Å². The summed E-state index contributed by atoms with van der Waals surface area (Å²) in [7, 11) is 0. The molecule has 9 aliphatic rings. The SMILES string of the molecule is CC1(C)CC[C@]2(C=O)[C@H](O)C[C@]3(C)C(=CC[C@@H]4[C@@]5(C)CC[C@H](O[C@@H]6O[C@H](C(=O)O)[C@@H](O)[C@H](O[C@@H]7O[C@H](CO)[C@H](O)[C@H](O)[C@H]7O[C@@H]7O[C@H](CO)[C@@H](O)[C@H](O)[C@H]7O)[C@H]6O[C@@H]6O[C@H](CO)[C@H](O)[C@H](O)[C@H]6O)C(C)(C)[C@@H]5CC[C@]43C)[C@H]2C1. The first-order valence-corrected chi connectivity index (χ1v) is 27.8. The Morgan fingerprint density at radius 3 is 1.65 bits per heavy atom. The maximum atomic E-state index is 13.1. The Hall–Kier alpha value is -1.96. The van der Waals surface area contributed by atoms with Crippen LogP contribution in [0.25, 0.3) is 0 Å². The Morgan fingerprint density at radius 1 is 0.577 bits per heavy atom. The second-order valence-corrected chi connectivity index (χ2v) is 26.3. The van der Waals surface area contributed by atoms with Crippen LogP contribution in [0, 0.1) is 50.2 Å². The van der Waals surface area contributed by atoms with Crippen LogP contribution in [-0.4, -0.2) is 239 Å². The highest BCUT2D eigenvalue weighted by atomic mass is 16.8. The molecule has 0 spiro atoms. The number of carboxylic acids is 1. The number of carboxylic acid groups (broad SMARTS) is 1. The number of allylic oxidation sites excluding steroid dienone is 2. The van der Waals surface area contributed by atoms with Crippen LogP contribution in [0.3, 0.4) is 0 Å². The van der Waals surface area contributed by atoms with E-state index in [0.29, 0.717) is 25.7 Å². The van der Waals surface area contributed by atoms with Crippen molar-refractivity contribution in [3.05, 3.63) is 11.6 Å². The molecule has 4 heterocycles. The highest BCUT2D eigenvalue weighted by Crippen LogP contribution is 2.76. The largest absolute Gasteiger partial charge is 0.479 e. The summed E-state index contributed by atoms with van der Waals surface area (Å²) in [4.78, 5) is 26.3. The van der Waals surface area contributed by atoms with E-state index in [1.165, 1.54) is 5.57 Å². The highest BCUT2D eigenvalue weighted by molar-refractivity contribution is 5.73. The molecule has 4 aliphatic heterocycles. The Kier molecular flexibility index (Phi) is 17.0. The lowest BCUT2D eigenvalue weighted by Crippen LogP contribution is -2.69. The van der Waals surface area contributed by atoms with Crippen molar-refractivity contribution in [3.8, 4) is 0 Å². The van der Waals surface area contributed by atoms with Gasteiger partial charge in [0.05, 0.1) is 37.4 Å². The fourth-order valence-corrected chi connectivity index (χ4v) is 16.5. The van der Waals surface area contributed by atoms with Crippen LogP contribution < -0.4 is 0 Å². The van der Waals surface area contributed by atoms with E-state index in [-0.39, 0.29) is 34.0 Å². The third-order valence-corrected chi connectivity index (χ3v) is 21.4. The fourth-order valence-electron chi connectivity index (χ4n) is 16.5. The van der Waals surface area contributed by atoms with Crippen molar-refractivity contribution in [2.75, 3.05) is 19.8 Å². The number of aldehydes is 1. The van der Waals surface area contributed by atoms with Crippen molar-refractivity contribution in [3.63, 3.8) is 0 Å². The summed E-state index contributed by atoms with van der Waals surface area (Å²) in [6.07, 6.45) is -31.1. The van der Waals surface area contributed by atoms with E-state index in [1.807, 2.05) is 13.8 Å². The Balaban J connectivity index is 1.05. The highest BCUT2D eigenvalue weighted by Gasteiger charge is 2.71. The maximum Gasteiger partial charge on any atom is 0.335 e. The van der Waals surface area contributed by atoms with Gasteiger partial charge in [0, 0.05) is 0 Å². The predicted molar refractivity (Wildman–Crippen MR) is 264 cm³/mol. The van der Waals surface area contributed by atoms with Crippen LogP contribution in [0.1, 0.15) is 106 Å². The molecule has 446 valence electrons. The number of aliphatic hydroxyl groups is 13. The fraction of sp³-hybridized carbons (Fsp3) is 0.926. The number of hydrogen-bond acceptors (Lipinski definition) is 23. The molecule has 14 N–H and O–H groups in total. The third-order valence-electron chi connectivity index (χ3n) is 21.4. The van der Waals surface area contributed by atoms with E-state index in [0.717, 1.165) is 38.4 Å². The summed E-state index contributed by atoms with van der Waals surface area (Å²) >= 11 is 0. The molecule has 78 heavy (non-hydrogen) atoms.